The van der Waals surface area contributed by atoms with E-state index in [1.165, 1.54) is 12.8 Å². The Labute approximate surface area is 147 Å². The zero-order valence-corrected chi connectivity index (χ0v) is 14.5. The van der Waals surface area contributed by atoms with E-state index in [4.69, 9.17) is 11.6 Å². The molecule has 2 N–H and O–H groups in total. The molecule has 4 heterocycles. The van der Waals surface area contributed by atoms with Gasteiger partial charge in [-0.2, -0.15) is 0 Å². The first kappa shape index (κ1) is 15.7. The largest absolute Gasteiger partial charge is 0.351 e. The molecule has 3 fully saturated rings. The number of aromatic nitrogens is 1. The molecule has 0 radical (unpaired) electrons. The van der Waals surface area contributed by atoms with Crippen molar-refractivity contribution in [3.8, 4) is 11.3 Å². The average molecular weight is 344 g/mol. The minimum atomic E-state index is -0.0288. The van der Waals surface area contributed by atoms with Crippen LogP contribution in [0.15, 0.2) is 36.4 Å². The van der Waals surface area contributed by atoms with Gasteiger partial charge < -0.3 is 10.3 Å². The second-order valence-corrected chi connectivity index (χ2v) is 7.29. The minimum Gasteiger partial charge on any atom is -0.351 e. The molecule has 5 heteroatoms. The summed E-state index contributed by atoms with van der Waals surface area (Å²) < 4.78 is 0. The number of hydrogen-bond donors (Lipinski definition) is 2. The van der Waals surface area contributed by atoms with Crippen LogP contribution in [-0.4, -0.2) is 41.0 Å². The van der Waals surface area contributed by atoms with Gasteiger partial charge in [0, 0.05) is 28.4 Å². The van der Waals surface area contributed by atoms with Gasteiger partial charge in [0.25, 0.3) is 5.91 Å². The second kappa shape index (κ2) is 6.26. The van der Waals surface area contributed by atoms with Crippen molar-refractivity contribution in [2.75, 3.05) is 13.1 Å². The molecule has 126 valence electrons. The quantitative estimate of drug-likeness (QED) is 0.895. The van der Waals surface area contributed by atoms with E-state index in [1.807, 2.05) is 36.4 Å². The number of halogens is 1. The summed E-state index contributed by atoms with van der Waals surface area (Å²) in [4.78, 5) is 18.4. The lowest BCUT2D eigenvalue weighted by Gasteiger charge is -2.49. The summed E-state index contributed by atoms with van der Waals surface area (Å²) in [5.74, 6) is 0.575. The van der Waals surface area contributed by atoms with Crippen LogP contribution in [0.25, 0.3) is 11.3 Å². The van der Waals surface area contributed by atoms with E-state index in [9.17, 15) is 4.79 Å². The molecule has 0 unspecified atom stereocenters. The molecule has 2 bridgehead atoms. The average Bonchev–Trinajstić information content (AvgIpc) is 3.09. The number of carbonyl (C=O) groups excluding carboxylic acids is 1. The SMILES string of the molecule is C[C@@H]1[C@H](NC(=O)c2ccc(-c3ccccc3Cl)[nH]2)C2CCN1CC2. The van der Waals surface area contributed by atoms with Crippen molar-refractivity contribution < 1.29 is 4.79 Å². The number of aromatic amines is 1. The molecule has 3 saturated heterocycles. The summed E-state index contributed by atoms with van der Waals surface area (Å²) in [6, 6.07) is 12.0. The Kier molecular flexibility index (Phi) is 4.10. The molecule has 1 amide bonds. The van der Waals surface area contributed by atoms with Crippen LogP contribution in [0.5, 0.6) is 0 Å². The van der Waals surface area contributed by atoms with Crippen LogP contribution in [0, 0.1) is 5.92 Å². The van der Waals surface area contributed by atoms with Gasteiger partial charge >= 0.3 is 0 Å². The first-order valence-electron chi connectivity index (χ1n) is 8.62. The van der Waals surface area contributed by atoms with Crippen molar-refractivity contribution in [3.05, 3.63) is 47.1 Å². The molecule has 4 nitrogen and oxygen atoms in total. The Morgan fingerprint density at radius 2 is 1.96 bits per heavy atom. The molecular formula is C19H22ClN3O. The van der Waals surface area contributed by atoms with E-state index in [0.29, 0.717) is 22.7 Å². The van der Waals surface area contributed by atoms with Crippen LogP contribution in [0.4, 0.5) is 0 Å². The van der Waals surface area contributed by atoms with Crippen LogP contribution in [0.3, 0.4) is 0 Å². The van der Waals surface area contributed by atoms with Crippen LogP contribution >= 0.6 is 11.6 Å². The third-order valence-corrected chi connectivity index (χ3v) is 5.90. The van der Waals surface area contributed by atoms with Gasteiger partial charge in [-0.1, -0.05) is 29.8 Å². The van der Waals surface area contributed by atoms with E-state index in [1.54, 1.807) is 0 Å². The van der Waals surface area contributed by atoms with Gasteiger partial charge in [0.15, 0.2) is 0 Å². The highest BCUT2D eigenvalue weighted by atomic mass is 35.5. The molecule has 3 aliphatic heterocycles. The van der Waals surface area contributed by atoms with E-state index >= 15 is 0 Å². The molecular weight excluding hydrogens is 322 g/mol. The third-order valence-electron chi connectivity index (χ3n) is 5.57. The number of fused-ring (bicyclic) bond motifs is 3. The predicted octanol–water partition coefficient (Wildman–Crippen LogP) is 3.55. The van der Waals surface area contributed by atoms with Crippen LogP contribution < -0.4 is 5.32 Å². The highest BCUT2D eigenvalue weighted by Crippen LogP contribution is 2.32. The van der Waals surface area contributed by atoms with E-state index in [0.717, 1.165) is 24.3 Å². The van der Waals surface area contributed by atoms with Crippen molar-refractivity contribution >= 4 is 17.5 Å². The van der Waals surface area contributed by atoms with Crippen molar-refractivity contribution in [1.29, 1.82) is 0 Å². The Hall–Kier alpha value is -1.78. The Bertz CT molecular complexity index is 747. The number of nitrogens with one attached hydrogen (secondary N) is 2. The second-order valence-electron chi connectivity index (χ2n) is 6.88. The summed E-state index contributed by atoms with van der Waals surface area (Å²) in [7, 11) is 0. The number of carbonyl (C=O) groups is 1. The molecule has 24 heavy (non-hydrogen) atoms. The normalized spacial score (nSPS) is 28.8. The van der Waals surface area contributed by atoms with E-state index < -0.39 is 0 Å². The molecule has 1 aromatic heterocycles. The number of H-pyrrole nitrogens is 1. The van der Waals surface area contributed by atoms with Gasteiger partial charge in [-0.05, 0) is 57.0 Å². The Morgan fingerprint density at radius 3 is 2.67 bits per heavy atom. The van der Waals surface area contributed by atoms with Crippen molar-refractivity contribution in [2.45, 2.75) is 31.8 Å². The highest BCUT2D eigenvalue weighted by Gasteiger charge is 2.40. The molecule has 0 aliphatic carbocycles. The molecule has 2 atom stereocenters. The topological polar surface area (TPSA) is 48.1 Å². The lowest BCUT2D eigenvalue weighted by atomic mass is 9.79. The zero-order chi connectivity index (χ0) is 16.7. The van der Waals surface area contributed by atoms with Gasteiger partial charge in [-0.3, -0.25) is 9.69 Å². The number of benzene rings is 1. The maximum Gasteiger partial charge on any atom is 0.267 e. The fourth-order valence-electron chi connectivity index (χ4n) is 4.14. The van der Waals surface area contributed by atoms with Crippen molar-refractivity contribution in [3.63, 3.8) is 0 Å². The van der Waals surface area contributed by atoms with E-state index in [-0.39, 0.29) is 11.9 Å². The fourth-order valence-corrected chi connectivity index (χ4v) is 4.38. The van der Waals surface area contributed by atoms with Crippen LogP contribution in [-0.2, 0) is 0 Å². The van der Waals surface area contributed by atoms with Gasteiger partial charge in [0.2, 0.25) is 0 Å². The van der Waals surface area contributed by atoms with Gasteiger partial charge in [0.1, 0.15) is 5.69 Å². The fraction of sp³-hybridized carbons (Fsp3) is 0.421. The molecule has 5 rings (SSSR count). The maximum atomic E-state index is 12.7. The van der Waals surface area contributed by atoms with Gasteiger partial charge in [-0.25, -0.2) is 0 Å². The highest BCUT2D eigenvalue weighted by molar-refractivity contribution is 6.33. The Balaban J connectivity index is 1.51. The van der Waals surface area contributed by atoms with Crippen LogP contribution in [0.1, 0.15) is 30.3 Å². The van der Waals surface area contributed by atoms with Gasteiger partial charge in [-0.15, -0.1) is 0 Å². The summed E-state index contributed by atoms with van der Waals surface area (Å²) in [5.41, 5.74) is 2.37. The first-order valence-corrected chi connectivity index (χ1v) is 9.00. The van der Waals surface area contributed by atoms with E-state index in [2.05, 4.69) is 22.1 Å². The monoisotopic (exact) mass is 343 g/mol. The Morgan fingerprint density at radius 1 is 1.21 bits per heavy atom. The maximum absolute atomic E-state index is 12.7. The van der Waals surface area contributed by atoms with Crippen LogP contribution in [0.2, 0.25) is 5.02 Å². The molecule has 3 aliphatic rings. The zero-order valence-electron chi connectivity index (χ0n) is 13.8. The number of piperidine rings is 3. The van der Waals surface area contributed by atoms with Gasteiger partial charge in [0.05, 0.1) is 0 Å². The molecule has 0 spiro atoms. The number of nitrogens with zero attached hydrogens (tertiary/aromatic N) is 1. The smallest absolute Gasteiger partial charge is 0.267 e. The molecule has 0 saturated carbocycles. The van der Waals surface area contributed by atoms with Crippen molar-refractivity contribution in [1.82, 2.24) is 15.2 Å². The van der Waals surface area contributed by atoms with Crippen molar-refractivity contribution in [2.24, 2.45) is 5.92 Å². The molecule has 2 aromatic rings. The minimum absolute atomic E-state index is 0.0288. The number of hydrogen-bond acceptors (Lipinski definition) is 2. The summed E-state index contributed by atoms with van der Waals surface area (Å²) in [6.07, 6.45) is 2.37. The standard InChI is InChI=1S/C19H22ClN3O/c1-12-18(13-8-10-23(12)11-9-13)22-19(24)17-7-6-16(21-17)14-4-2-3-5-15(14)20/h2-7,12-13,18,21H,8-11H2,1H3,(H,22,24)/t12-,18+/m1/s1. The summed E-state index contributed by atoms with van der Waals surface area (Å²) >= 11 is 6.24. The third kappa shape index (κ3) is 2.74. The summed E-state index contributed by atoms with van der Waals surface area (Å²) in [6.45, 7) is 4.55. The molecule has 1 aromatic carbocycles. The summed E-state index contributed by atoms with van der Waals surface area (Å²) in [5, 5.41) is 3.93. The predicted molar refractivity (Wildman–Crippen MR) is 96.3 cm³/mol. The number of amides is 1. The lowest BCUT2D eigenvalue weighted by Crippen LogP contribution is -2.62. The number of rotatable bonds is 3. The lowest BCUT2D eigenvalue weighted by molar-refractivity contribution is 0.0216. The first-order chi connectivity index (χ1) is 11.6.